The minimum absolute atomic E-state index is 0.277. The van der Waals surface area contributed by atoms with Gasteiger partial charge in [0.05, 0.1) is 6.54 Å². The van der Waals surface area contributed by atoms with Crippen molar-refractivity contribution >= 4 is 0 Å². The standard InChI is InChI=1S/C14H17FN4O/c15-11-5-3-10(4-6-11)14-17-13(20-18-14)9-19-7-1-2-12(19)8-16/h3-6,12H,1-2,7-9,16H2. The number of halogens is 1. The molecule has 1 unspecified atom stereocenters. The van der Waals surface area contributed by atoms with Crippen LogP contribution in [0.3, 0.4) is 0 Å². The molecule has 0 saturated carbocycles. The van der Waals surface area contributed by atoms with Crippen LogP contribution in [0.15, 0.2) is 28.8 Å². The van der Waals surface area contributed by atoms with Crippen LogP contribution in [-0.2, 0) is 6.54 Å². The van der Waals surface area contributed by atoms with E-state index in [9.17, 15) is 4.39 Å². The van der Waals surface area contributed by atoms with Gasteiger partial charge in [-0.3, -0.25) is 4.90 Å². The van der Waals surface area contributed by atoms with Crippen molar-refractivity contribution < 1.29 is 8.91 Å². The summed E-state index contributed by atoms with van der Waals surface area (Å²) in [5.74, 6) is 0.786. The van der Waals surface area contributed by atoms with Crippen molar-refractivity contribution in [2.45, 2.75) is 25.4 Å². The highest BCUT2D eigenvalue weighted by atomic mass is 19.1. The molecule has 0 aliphatic carbocycles. The first-order chi connectivity index (χ1) is 9.76. The Morgan fingerprint density at radius 3 is 2.90 bits per heavy atom. The Bertz CT molecular complexity index is 569. The minimum atomic E-state index is -0.277. The molecular formula is C14H17FN4O. The van der Waals surface area contributed by atoms with Crippen LogP contribution in [0.2, 0.25) is 0 Å². The summed E-state index contributed by atoms with van der Waals surface area (Å²) in [5, 5.41) is 3.94. The normalized spacial score (nSPS) is 19.6. The van der Waals surface area contributed by atoms with Gasteiger partial charge in [-0.1, -0.05) is 5.16 Å². The summed E-state index contributed by atoms with van der Waals surface area (Å²) >= 11 is 0. The van der Waals surface area contributed by atoms with E-state index in [1.54, 1.807) is 12.1 Å². The molecule has 0 radical (unpaired) electrons. The molecule has 1 aliphatic rings. The van der Waals surface area contributed by atoms with E-state index in [0.29, 0.717) is 30.8 Å². The van der Waals surface area contributed by atoms with Gasteiger partial charge in [-0.15, -0.1) is 0 Å². The lowest BCUT2D eigenvalue weighted by Crippen LogP contribution is -2.34. The zero-order valence-electron chi connectivity index (χ0n) is 11.1. The number of rotatable bonds is 4. The molecule has 1 aromatic heterocycles. The monoisotopic (exact) mass is 276 g/mol. The summed E-state index contributed by atoms with van der Waals surface area (Å²) < 4.78 is 18.1. The SMILES string of the molecule is NCC1CCCN1Cc1nc(-c2ccc(F)cc2)no1. The lowest BCUT2D eigenvalue weighted by atomic mass is 10.2. The topological polar surface area (TPSA) is 68.2 Å². The first-order valence-corrected chi connectivity index (χ1v) is 6.79. The zero-order valence-corrected chi connectivity index (χ0v) is 11.1. The van der Waals surface area contributed by atoms with Gasteiger partial charge in [0.2, 0.25) is 11.7 Å². The number of hydrogen-bond donors (Lipinski definition) is 1. The van der Waals surface area contributed by atoms with Crippen LogP contribution >= 0.6 is 0 Å². The molecule has 106 valence electrons. The lowest BCUT2D eigenvalue weighted by molar-refractivity contribution is 0.214. The molecule has 2 N–H and O–H groups in total. The molecule has 2 aromatic rings. The van der Waals surface area contributed by atoms with Crippen LogP contribution in [-0.4, -0.2) is 34.2 Å². The summed E-state index contributed by atoms with van der Waals surface area (Å²) in [6.45, 7) is 2.28. The van der Waals surface area contributed by atoms with Gasteiger partial charge in [-0.25, -0.2) is 4.39 Å². The van der Waals surface area contributed by atoms with Crippen molar-refractivity contribution in [3.63, 3.8) is 0 Å². The minimum Gasteiger partial charge on any atom is -0.338 e. The first-order valence-electron chi connectivity index (χ1n) is 6.79. The number of nitrogens with two attached hydrogens (primary N) is 1. The fourth-order valence-corrected chi connectivity index (χ4v) is 2.58. The Hall–Kier alpha value is -1.79. The Morgan fingerprint density at radius 1 is 1.35 bits per heavy atom. The van der Waals surface area contributed by atoms with Crippen LogP contribution in [0.1, 0.15) is 18.7 Å². The molecule has 6 heteroatoms. The van der Waals surface area contributed by atoms with Crippen molar-refractivity contribution in [2.75, 3.05) is 13.1 Å². The quantitative estimate of drug-likeness (QED) is 0.922. The van der Waals surface area contributed by atoms with E-state index in [2.05, 4.69) is 15.0 Å². The molecule has 1 aromatic carbocycles. The Labute approximate surface area is 116 Å². The largest absolute Gasteiger partial charge is 0.338 e. The molecule has 1 saturated heterocycles. The van der Waals surface area contributed by atoms with Gasteiger partial charge >= 0.3 is 0 Å². The predicted molar refractivity (Wildman–Crippen MR) is 72.2 cm³/mol. The third-order valence-corrected chi connectivity index (χ3v) is 3.68. The first kappa shape index (κ1) is 13.2. The third-order valence-electron chi connectivity index (χ3n) is 3.68. The number of likely N-dealkylation sites (tertiary alicyclic amines) is 1. The van der Waals surface area contributed by atoms with E-state index in [1.807, 2.05) is 0 Å². The molecule has 5 nitrogen and oxygen atoms in total. The second-order valence-corrected chi connectivity index (χ2v) is 5.02. The highest BCUT2D eigenvalue weighted by Gasteiger charge is 2.25. The molecule has 1 aliphatic heterocycles. The Morgan fingerprint density at radius 2 is 2.15 bits per heavy atom. The fraction of sp³-hybridized carbons (Fsp3) is 0.429. The van der Waals surface area contributed by atoms with Gasteiger partial charge in [-0.2, -0.15) is 4.98 Å². The van der Waals surface area contributed by atoms with E-state index < -0.39 is 0 Å². The predicted octanol–water partition coefficient (Wildman–Crippen LogP) is 1.80. The fourth-order valence-electron chi connectivity index (χ4n) is 2.58. The maximum Gasteiger partial charge on any atom is 0.241 e. The molecule has 20 heavy (non-hydrogen) atoms. The summed E-state index contributed by atoms with van der Waals surface area (Å²) in [5.41, 5.74) is 6.49. The van der Waals surface area contributed by atoms with Crippen molar-refractivity contribution in [1.29, 1.82) is 0 Å². The molecule has 3 rings (SSSR count). The highest BCUT2D eigenvalue weighted by Crippen LogP contribution is 2.20. The van der Waals surface area contributed by atoms with Gasteiger partial charge in [-0.05, 0) is 43.7 Å². The molecular weight excluding hydrogens is 259 g/mol. The van der Waals surface area contributed by atoms with Crippen LogP contribution < -0.4 is 5.73 Å². The zero-order chi connectivity index (χ0) is 13.9. The molecule has 2 heterocycles. The van der Waals surface area contributed by atoms with Crippen LogP contribution in [0.5, 0.6) is 0 Å². The smallest absolute Gasteiger partial charge is 0.241 e. The summed E-state index contributed by atoms with van der Waals surface area (Å²) in [6, 6.07) is 6.45. The summed E-state index contributed by atoms with van der Waals surface area (Å²) in [6.07, 6.45) is 2.27. The summed E-state index contributed by atoms with van der Waals surface area (Å²) in [7, 11) is 0. The van der Waals surface area contributed by atoms with Gasteiger partial charge in [0.25, 0.3) is 0 Å². The van der Waals surface area contributed by atoms with E-state index in [4.69, 9.17) is 10.3 Å². The van der Waals surface area contributed by atoms with Crippen molar-refractivity contribution in [3.8, 4) is 11.4 Å². The lowest BCUT2D eigenvalue weighted by Gasteiger charge is -2.20. The average Bonchev–Trinajstić information content (AvgIpc) is 3.09. The van der Waals surface area contributed by atoms with E-state index in [0.717, 1.165) is 24.9 Å². The van der Waals surface area contributed by atoms with Crippen molar-refractivity contribution in [2.24, 2.45) is 5.73 Å². The second-order valence-electron chi connectivity index (χ2n) is 5.02. The van der Waals surface area contributed by atoms with Crippen LogP contribution in [0.4, 0.5) is 4.39 Å². The van der Waals surface area contributed by atoms with Gasteiger partial charge in [0.1, 0.15) is 5.82 Å². The Kier molecular flexibility index (Phi) is 3.75. The maximum absolute atomic E-state index is 12.9. The number of aromatic nitrogens is 2. The molecule has 1 fully saturated rings. The van der Waals surface area contributed by atoms with E-state index >= 15 is 0 Å². The number of nitrogens with zero attached hydrogens (tertiary/aromatic N) is 3. The van der Waals surface area contributed by atoms with E-state index in [1.165, 1.54) is 12.1 Å². The van der Waals surface area contributed by atoms with E-state index in [-0.39, 0.29) is 5.82 Å². The third kappa shape index (κ3) is 2.71. The van der Waals surface area contributed by atoms with Gasteiger partial charge < -0.3 is 10.3 Å². The average molecular weight is 276 g/mol. The summed E-state index contributed by atoms with van der Waals surface area (Å²) in [4.78, 5) is 6.63. The molecule has 0 amide bonds. The highest BCUT2D eigenvalue weighted by molar-refractivity contribution is 5.53. The number of hydrogen-bond acceptors (Lipinski definition) is 5. The molecule has 0 spiro atoms. The molecule has 1 atom stereocenters. The van der Waals surface area contributed by atoms with Crippen molar-refractivity contribution in [3.05, 3.63) is 36.0 Å². The van der Waals surface area contributed by atoms with Crippen LogP contribution in [0, 0.1) is 5.82 Å². The maximum atomic E-state index is 12.9. The van der Waals surface area contributed by atoms with Crippen molar-refractivity contribution in [1.82, 2.24) is 15.0 Å². The van der Waals surface area contributed by atoms with Crippen LogP contribution in [0.25, 0.3) is 11.4 Å². The Balaban J connectivity index is 1.72. The number of benzene rings is 1. The van der Waals surface area contributed by atoms with Gasteiger partial charge in [0.15, 0.2) is 0 Å². The van der Waals surface area contributed by atoms with Gasteiger partial charge in [0, 0.05) is 18.2 Å². The second kappa shape index (κ2) is 5.68. The molecule has 0 bridgehead atoms.